The average molecular weight is 265 g/mol. The summed E-state index contributed by atoms with van der Waals surface area (Å²) in [6, 6.07) is 0. The molecule has 0 radical (unpaired) electrons. The highest BCUT2D eigenvalue weighted by atomic mass is 16.5. The van der Waals surface area contributed by atoms with Gasteiger partial charge in [-0.15, -0.1) is 0 Å². The van der Waals surface area contributed by atoms with Crippen molar-refractivity contribution in [3.8, 4) is 0 Å². The summed E-state index contributed by atoms with van der Waals surface area (Å²) in [5.41, 5.74) is 1.67. The van der Waals surface area contributed by atoms with Gasteiger partial charge in [-0.3, -0.25) is 4.79 Å². The van der Waals surface area contributed by atoms with E-state index in [1.807, 2.05) is 32.6 Å². The zero-order chi connectivity index (χ0) is 14.0. The Labute approximate surface area is 114 Å². The van der Waals surface area contributed by atoms with Crippen LogP contribution in [0.5, 0.6) is 0 Å². The van der Waals surface area contributed by atoms with E-state index < -0.39 is 0 Å². The molecule has 4 heteroatoms. The van der Waals surface area contributed by atoms with E-state index in [-0.39, 0.29) is 12.0 Å². The number of carbonyl (C=O) groups is 1. The summed E-state index contributed by atoms with van der Waals surface area (Å²) in [5.74, 6) is 1.60. The lowest BCUT2D eigenvalue weighted by Crippen LogP contribution is -2.37. The van der Waals surface area contributed by atoms with Crippen LogP contribution in [0, 0.1) is 20.8 Å². The van der Waals surface area contributed by atoms with Gasteiger partial charge in [0.05, 0.1) is 11.7 Å². The van der Waals surface area contributed by atoms with Gasteiger partial charge in [0.25, 0.3) is 5.91 Å². The van der Waals surface area contributed by atoms with Gasteiger partial charge in [0.2, 0.25) is 0 Å². The molecule has 0 N–H and O–H groups in total. The predicted molar refractivity (Wildman–Crippen MR) is 73.5 cm³/mol. The minimum atomic E-state index is 0.0600. The van der Waals surface area contributed by atoms with Crippen LogP contribution in [0.4, 0.5) is 0 Å². The number of hydrogen-bond donors (Lipinski definition) is 0. The quantitative estimate of drug-likeness (QED) is 0.840. The van der Waals surface area contributed by atoms with Crippen LogP contribution in [0.15, 0.2) is 4.42 Å². The van der Waals surface area contributed by atoms with E-state index in [4.69, 9.17) is 9.15 Å². The van der Waals surface area contributed by atoms with Gasteiger partial charge < -0.3 is 14.1 Å². The first-order valence-electron chi connectivity index (χ1n) is 7.02. The van der Waals surface area contributed by atoms with Gasteiger partial charge in [-0.05, 0) is 40.5 Å². The standard InChI is InChI=1S/C15H23NO3/c1-5-16(9-13-7-6-8-18-13)15(17)14-10(2)11(3)19-12(14)4/h13H,5-9H2,1-4H3. The number of furan rings is 1. The van der Waals surface area contributed by atoms with Crippen molar-refractivity contribution in [1.82, 2.24) is 4.90 Å². The van der Waals surface area contributed by atoms with Crippen LogP contribution in [-0.4, -0.2) is 36.6 Å². The SMILES string of the molecule is CCN(CC1CCCO1)C(=O)c1c(C)oc(C)c1C. The van der Waals surface area contributed by atoms with Crippen LogP contribution in [-0.2, 0) is 4.74 Å². The third kappa shape index (κ3) is 2.84. The van der Waals surface area contributed by atoms with Crippen molar-refractivity contribution in [2.75, 3.05) is 19.7 Å². The highest BCUT2D eigenvalue weighted by molar-refractivity contribution is 5.96. The zero-order valence-corrected chi connectivity index (χ0v) is 12.3. The Morgan fingerprint density at radius 2 is 2.05 bits per heavy atom. The molecule has 1 aliphatic rings. The van der Waals surface area contributed by atoms with Gasteiger partial charge in [-0.25, -0.2) is 0 Å². The molecule has 0 bridgehead atoms. The fourth-order valence-electron chi connectivity index (χ4n) is 2.66. The van der Waals surface area contributed by atoms with Crippen LogP contribution in [0.25, 0.3) is 0 Å². The van der Waals surface area contributed by atoms with E-state index in [0.717, 1.165) is 36.3 Å². The molecule has 1 aromatic rings. The maximum atomic E-state index is 12.6. The molecular weight excluding hydrogens is 242 g/mol. The zero-order valence-electron chi connectivity index (χ0n) is 12.3. The lowest BCUT2D eigenvalue weighted by Gasteiger charge is -2.24. The monoisotopic (exact) mass is 265 g/mol. The van der Waals surface area contributed by atoms with Crippen LogP contribution in [0.2, 0.25) is 0 Å². The first-order valence-corrected chi connectivity index (χ1v) is 7.02. The fraction of sp³-hybridized carbons (Fsp3) is 0.667. The summed E-state index contributed by atoms with van der Waals surface area (Å²) in [4.78, 5) is 14.5. The summed E-state index contributed by atoms with van der Waals surface area (Å²) < 4.78 is 11.2. The van der Waals surface area contributed by atoms with Gasteiger partial charge in [0.1, 0.15) is 11.5 Å². The van der Waals surface area contributed by atoms with E-state index in [1.54, 1.807) is 0 Å². The smallest absolute Gasteiger partial charge is 0.257 e. The van der Waals surface area contributed by atoms with Crippen molar-refractivity contribution in [3.05, 3.63) is 22.6 Å². The van der Waals surface area contributed by atoms with Gasteiger partial charge in [-0.1, -0.05) is 0 Å². The molecule has 19 heavy (non-hydrogen) atoms. The molecule has 0 aromatic carbocycles. The van der Waals surface area contributed by atoms with Crippen LogP contribution < -0.4 is 0 Å². The third-order valence-electron chi connectivity index (χ3n) is 3.89. The Hall–Kier alpha value is -1.29. The molecule has 0 spiro atoms. The molecule has 1 aliphatic heterocycles. The van der Waals surface area contributed by atoms with Crippen LogP contribution in [0.3, 0.4) is 0 Å². The largest absolute Gasteiger partial charge is 0.466 e. The minimum Gasteiger partial charge on any atom is -0.466 e. The number of likely N-dealkylation sites (N-methyl/N-ethyl adjacent to an activating group) is 1. The first-order chi connectivity index (χ1) is 9.04. The summed E-state index contributed by atoms with van der Waals surface area (Å²) in [5, 5.41) is 0. The van der Waals surface area contributed by atoms with Crippen molar-refractivity contribution in [3.63, 3.8) is 0 Å². The van der Waals surface area contributed by atoms with Crippen molar-refractivity contribution < 1.29 is 13.9 Å². The van der Waals surface area contributed by atoms with Gasteiger partial charge in [0, 0.05) is 25.3 Å². The van der Waals surface area contributed by atoms with Crippen molar-refractivity contribution in [2.24, 2.45) is 0 Å². The Morgan fingerprint density at radius 3 is 2.53 bits per heavy atom. The summed E-state index contributed by atoms with van der Waals surface area (Å²) in [6.45, 7) is 9.89. The van der Waals surface area contributed by atoms with E-state index in [0.29, 0.717) is 18.8 Å². The molecule has 0 aliphatic carbocycles. The molecule has 1 atom stereocenters. The molecule has 4 nitrogen and oxygen atoms in total. The minimum absolute atomic E-state index is 0.0600. The van der Waals surface area contributed by atoms with E-state index in [2.05, 4.69) is 0 Å². The molecule has 2 rings (SSSR count). The third-order valence-corrected chi connectivity index (χ3v) is 3.89. The van der Waals surface area contributed by atoms with E-state index >= 15 is 0 Å². The number of aryl methyl sites for hydroxylation is 2. The molecule has 1 saturated heterocycles. The number of amides is 1. The molecule has 106 valence electrons. The Balaban J connectivity index is 2.15. The topological polar surface area (TPSA) is 42.7 Å². The Bertz CT molecular complexity index is 458. The lowest BCUT2D eigenvalue weighted by atomic mass is 10.1. The second kappa shape index (κ2) is 5.78. The Morgan fingerprint density at radius 1 is 1.32 bits per heavy atom. The van der Waals surface area contributed by atoms with Crippen molar-refractivity contribution in [2.45, 2.75) is 46.6 Å². The highest BCUT2D eigenvalue weighted by Crippen LogP contribution is 2.23. The van der Waals surface area contributed by atoms with Crippen LogP contribution in [0.1, 0.15) is 47.2 Å². The average Bonchev–Trinajstić information content (AvgIpc) is 2.96. The maximum absolute atomic E-state index is 12.6. The van der Waals surface area contributed by atoms with E-state index in [1.165, 1.54) is 0 Å². The summed E-state index contributed by atoms with van der Waals surface area (Å²) in [7, 11) is 0. The second-order valence-electron chi connectivity index (χ2n) is 5.19. The number of carbonyl (C=O) groups excluding carboxylic acids is 1. The normalized spacial score (nSPS) is 18.8. The number of rotatable bonds is 4. The summed E-state index contributed by atoms with van der Waals surface area (Å²) >= 11 is 0. The number of hydrogen-bond acceptors (Lipinski definition) is 3. The van der Waals surface area contributed by atoms with Gasteiger partial charge >= 0.3 is 0 Å². The second-order valence-corrected chi connectivity index (χ2v) is 5.19. The Kier molecular flexibility index (Phi) is 4.30. The molecule has 2 heterocycles. The van der Waals surface area contributed by atoms with E-state index in [9.17, 15) is 4.79 Å². The fourth-order valence-corrected chi connectivity index (χ4v) is 2.66. The van der Waals surface area contributed by atoms with Crippen molar-refractivity contribution >= 4 is 5.91 Å². The first kappa shape index (κ1) is 14.1. The van der Waals surface area contributed by atoms with Gasteiger partial charge in [-0.2, -0.15) is 0 Å². The summed E-state index contributed by atoms with van der Waals surface area (Å²) in [6.07, 6.45) is 2.34. The molecule has 1 fully saturated rings. The lowest BCUT2D eigenvalue weighted by molar-refractivity contribution is 0.0537. The van der Waals surface area contributed by atoms with Gasteiger partial charge in [0.15, 0.2) is 0 Å². The number of nitrogens with zero attached hydrogens (tertiary/aromatic N) is 1. The van der Waals surface area contributed by atoms with Crippen molar-refractivity contribution in [1.29, 1.82) is 0 Å². The maximum Gasteiger partial charge on any atom is 0.257 e. The molecule has 1 aromatic heterocycles. The molecule has 1 unspecified atom stereocenters. The molecule has 0 saturated carbocycles. The molecular formula is C15H23NO3. The number of ether oxygens (including phenoxy) is 1. The predicted octanol–water partition coefficient (Wildman–Crippen LogP) is 2.85. The highest BCUT2D eigenvalue weighted by Gasteiger charge is 2.26. The molecule has 1 amide bonds. The van der Waals surface area contributed by atoms with Crippen LogP contribution >= 0.6 is 0 Å².